The summed E-state index contributed by atoms with van der Waals surface area (Å²) in [6, 6.07) is 0. The lowest BCUT2D eigenvalue weighted by Gasteiger charge is -2.23. The van der Waals surface area contributed by atoms with Gasteiger partial charge in [0.2, 0.25) is 6.54 Å². The first-order chi connectivity index (χ1) is 6.40. The van der Waals surface area contributed by atoms with Gasteiger partial charge in [0.05, 0.1) is 6.61 Å². The monoisotopic (exact) mass is 211 g/mol. The first kappa shape index (κ1) is 13.2. The minimum Gasteiger partial charge on any atom is -0.394 e. The van der Waals surface area contributed by atoms with E-state index in [4.69, 9.17) is 25.5 Å². The van der Waals surface area contributed by atoms with Gasteiger partial charge in [0, 0.05) is 4.92 Å². The van der Waals surface area contributed by atoms with Gasteiger partial charge in [-0.05, 0) is 0 Å². The first-order valence-electron chi connectivity index (χ1n) is 3.85. The maximum atomic E-state index is 9.92. The molecule has 0 bridgehead atoms. The molecule has 0 aromatic carbocycles. The standard InChI is InChI=1S/C6H13NO7/c8-2-4(10)6(12)5(11)3(9)1-7(13)14/h3-6,8-12H,1-2H2/t3-,4-,5-,6+/m0/s1. The second-order valence-electron chi connectivity index (χ2n) is 2.81. The summed E-state index contributed by atoms with van der Waals surface area (Å²) in [5.74, 6) is 0. The Morgan fingerprint density at radius 2 is 1.50 bits per heavy atom. The minimum atomic E-state index is -1.87. The van der Waals surface area contributed by atoms with Crippen LogP contribution in [0.15, 0.2) is 0 Å². The van der Waals surface area contributed by atoms with Crippen LogP contribution >= 0.6 is 0 Å². The SMILES string of the molecule is O=[N+]([O-])C[C@H](O)[C@H](O)[C@H](O)[C@@H](O)CO. The van der Waals surface area contributed by atoms with Crippen LogP contribution in [0, 0.1) is 10.1 Å². The van der Waals surface area contributed by atoms with E-state index in [1.165, 1.54) is 0 Å². The highest BCUT2D eigenvalue weighted by Gasteiger charge is 2.32. The summed E-state index contributed by atoms with van der Waals surface area (Å²) in [7, 11) is 0. The van der Waals surface area contributed by atoms with Gasteiger partial charge >= 0.3 is 0 Å². The molecule has 0 aliphatic heterocycles. The van der Waals surface area contributed by atoms with E-state index >= 15 is 0 Å². The molecule has 8 nitrogen and oxygen atoms in total. The molecule has 8 heteroatoms. The predicted molar refractivity (Wildman–Crippen MR) is 43.0 cm³/mol. The number of hydrogen-bond donors (Lipinski definition) is 5. The summed E-state index contributed by atoms with van der Waals surface area (Å²) in [5.41, 5.74) is 0. The Hall–Kier alpha value is -0.800. The summed E-state index contributed by atoms with van der Waals surface area (Å²) in [6.45, 7) is -1.76. The molecule has 0 saturated carbocycles. The molecule has 0 amide bonds. The van der Waals surface area contributed by atoms with Crippen molar-refractivity contribution < 1.29 is 30.5 Å². The van der Waals surface area contributed by atoms with Crippen LogP contribution in [0.2, 0.25) is 0 Å². The highest BCUT2D eigenvalue weighted by atomic mass is 16.6. The van der Waals surface area contributed by atoms with Gasteiger partial charge in [0.15, 0.2) is 0 Å². The zero-order valence-corrected chi connectivity index (χ0v) is 7.22. The molecule has 0 aromatic heterocycles. The highest BCUT2D eigenvalue weighted by Crippen LogP contribution is 2.05. The fraction of sp³-hybridized carbons (Fsp3) is 1.00. The maximum absolute atomic E-state index is 9.92. The van der Waals surface area contributed by atoms with Crippen molar-refractivity contribution in [1.29, 1.82) is 0 Å². The zero-order chi connectivity index (χ0) is 11.3. The molecule has 0 radical (unpaired) electrons. The molecule has 0 unspecified atom stereocenters. The highest BCUT2D eigenvalue weighted by molar-refractivity contribution is 4.79. The van der Waals surface area contributed by atoms with Crippen LogP contribution in [0.4, 0.5) is 0 Å². The van der Waals surface area contributed by atoms with Crippen molar-refractivity contribution in [2.45, 2.75) is 24.4 Å². The first-order valence-corrected chi connectivity index (χ1v) is 3.85. The number of hydrogen-bond acceptors (Lipinski definition) is 7. The summed E-state index contributed by atoms with van der Waals surface area (Å²) < 4.78 is 0. The van der Waals surface area contributed by atoms with Gasteiger partial charge in [-0.3, -0.25) is 10.1 Å². The van der Waals surface area contributed by atoms with E-state index < -0.39 is 42.5 Å². The fourth-order valence-electron chi connectivity index (χ4n) is 0.824. The lowest BCUT2D eigenvalue weighted by atomic mass is 10.0. The smallest absolute Gasteiger partial charge is 0.232 e. The molecule has 0 saturated heterocycles. The molecule has 84 valence electrons. The minimum absolute atomic E-state index is 0.816. The Labute approximate surface area is 79.2 Å². The normalized spacial score (nSPS) is 19.8. The summed E-state index contributed by atoms with van der Waals surface area (Å²) in [6.07, 6.45) is -7.13. The second kappa shape index (κ2) is 5.83. The van der Waals surface area contributed by atoms with Crippen LogP contribution in [-0.2, 0) is 0 Å². The second-order valence-corrected chi connectivity index (χ2v) is 2.81. The van der Waals surface area contributed by atoms with Crippen molar-refractivity contribution in [3.05, 3.63) is 10.1 Å². The summed E-state index contributed by atoms with van der Waals surface area (Å²) >= 11 is 0. The number of nitro groups is 1. The van der Waals surface area contributed by atoms with Gasteiger partial charge in [-0.1, -0.05) is 0 Å². The Bertz CT molecular complexity index is 187. The predicted octanol–water partition coefficient (Wildman–Crippen LogP) is -3.30. The third kappa shape index (κ3) is 3.94. The Balaban J connectivity index is 4.15. The molecule has 4 atom stereocenters. The lowest BCUT2D eigenvalue weighted by molar-refractivity contribution is -0.493. The van der Waals surface area contributed by atoms with Crippen LogP contribution < -0.4 is 0 Å². The van der Waals surface area contributed by atoms with Crippen molar-refractivity contribution in [2.75, 3.05) is 13.2 Å². The molecule has 5 N–H and O–H groups in total. The number of rotatable bonds is 6. The molecule has 0 spiro atoms. The maximum Gasteiger partial charge on any atom is 0.232 e. The molecule has 0 aromatic rings. The van der Waals surface area contributed by atoms with Crippen LogP contribution in [0.25, 0.3) is 0 Å². The van der Waals surface area contributed by atoms with Gasteiger partial charge in [-0.15, -0.1) is 0 Å². The van der Waals surface area contributed by atoms with E-state index in [9.17, 15) is 10.1 Å². The van der Waals surface area contributed by atoms with Crippen molar-refractivity contribution in [2.24, 2.45) is 0 Å². The molecule has 0 heterocycles. The molecule has 0 aliphatic carbocycles. The average molecular weight is 211 g/mol. The van der Waals surface area contributed by atoms with Gasteiger partial charge in [-0.25, -0.2) is 0 Å². The Kier molecular flexibility index (Phi) is 5.50. The zero-order valence-electron chi connectivity index (χ0n) is 7.22. The van der Waals surface area contributed by atoms with Crippen molar-refractivity contribution >= 4 is 0 Å². The third-order valence-electron chi connectivity index (χ3n) is 1.66. The number of aliphatic hydroxyl groups excluding tert-OH is 5. The molecule has 0 fully saturated rings. The van der Waals surface area contributed by atoms with E-state index in [1.807, 2.05) is 0 Å². The molecular formula is C6H13NO7. The van der Waals surface area contributed by atoms with Gasteiger partial charge in [0.1, 0.15) is 24.4 Å². The lowest BCUT2D eigenvalue weighted by Crippen LogP contribution is -2.47. The summed E-state index contributed by atoms with van der Waals surface area (Å²) in [4.78, 5) is 9.05. The van der Waals surface area contributed by atoms with E-state index in [0.717, 1.165) is 0 Å². The van der Waals surface area contributed by atoms with Crippen LogP contribution in [0.1, 0.15) is 0 Å². The number of nitrogens with zero attached hydrogens (tertiary/aromatic N) is 1. The van der Waals surface area contributed by atoms with Crippen LogP contribution in [-0.4, -0.2) is 68.0 Å². The van der Waals surface area contributed by atoms with Crippen molar-refractivity contribution in [3.8, 4) is 0 Å². The average Bonchev–Trinajstić information content (AvgIpc) is 2.13. The van der Waals surface area contributed by atoms with E-state index in [2.05, 4.69) is 0 Å². The van der Waals surface area contributed by atoms with Gasteiger partial charge < -0.3 is 25.5 Å². The van der Waals surface area contributed by atoms with Crippen molar-refractivity contribution in [1.82, 2.24) is 0 Å². The van der Waals surface area contributed by atoms with E-state index in [1.54, 1.807) is 0 Å². The number of aliphatic hydroxyl groups is 5. The largest absolute Gasteiger partial charge is 0.394 e. The Morgan fingerprint density at radius 3 is 1.86 bits per heavy atom. The van der Waals surface area contributed by atoms with Crippen molar-refractivity contribution in [3.63, 3.8) is 0 Å². The fourth-order valence-corrected chi connectivity index (χ4v) is 0.824. The van der Waals surface area contributed by atoms with Crippen LogP contribution in [0.5, 0.6) is 0 Å². The third-order valence-corrected chi connectivity index (χ3v) is 1.66. The van der Waals surface area contributed by atoms with Crippen LogP contribution in [0.3, 0.4) is 0 Å². The Morgan fingerprint density at radius 1 is 1.07 bits per heavy atom. The van der Waals surface area contributed by atoms with E-state index in [0.29, 0.717) is 0 Å². The molecule has 14 heavy (non-hydrogen) atoms. The van der Waals surface area contributed by atoms with Gasteiger partial charge in [0.25, 0.3) is 0 Å². The molecular weight excluding hydrogens is 198 g/mol. The topological polar surface area (TPSA) is 144 Å². The van der Waals surface area contributed by atoms with E-state index in [-0.39, 0.29) is 0 Å². The quantitative estimate of drug-likeness (QED) is 0.228. The molecule has 0 rings (SSSR count). The van der Waals surface area contributed by atoms with Gasteiger partial charge in [-0.2, -0.15) is 0 Å². The summed E-state index contributed by atoms with van der Waals surface area (Å²) in [5, 5.41) is 54.2. The molecule has 0 aliphatic rings.